The average molecular weight is 361 g/mol. The lowest BCUT2D eigenvalue weighted by molar-refractivity contribution is 0.355. The van der Waals surface area contributed by atoms with Gasteiger partial charge in [-0.1, -0.05) is 39.5 Å². The van der Waals surface area contributed by atoms with Crippen LogP contribution in [0, 0.1) is 11.8 Å². The van der Waals surface area contributed by atoms with Gasteiger partial charge in [-0.2, -0.15) is 0 Å². The molecule has 138 valence electrons. The first-order valence-corrected chi connectivity index (χ1v) is 10.3. The van der Waals surface area contributed by atoms with Crippen LogP contribution in [0.25, 0.3) is 0 Å². The van der Waals surface area contributed by atoms with Crippen molar-refractivity contribution < 1.29 is 0 Å². The summed E-state index contributed by atoms with van der Waals surface area (Å²) in [5.74, 6) is 2.55. The van der Waals surface area contributed by atoms with Crippen LogP contribution in [0.2, 0.25) is 0 Å². The Morgan fingerprint density at radius 2 is 1.76 bits per heavy atom. The Balaban J connectivity index is 1.52. The summed E-state index contributed by atoms with van der Waals surface area (Å²) < 4.78 is 0. The maximum Gasteiger partial charge on any atom is 0.171 e. The Hall–Kier alpha value is -1.36. The van der Waals surface area contributed by atoms with E-state index in [1.807, 2.05) is 6.20 Å². The second-order valence-corrected chi connectivity index (χ2v) is 8.45. The van der Waals surface area contributed by atoms with Crippen LogP contribution in [0.3, 0.4) is 0 Å². The second kappa shape index (κ2) is 8.84. The van der Waals surface area contributed by atoms with Gasteiger partial charge in [-0.3, -0.25) is 0 Å². The van der Waals surface area contributed by atoms with E-state index in [2.05, 4.69) is 46.5 Å². The SMILES string of the molecule is CC1CC(C)CN(c2ccc(NC(=S)NC3CCCCCC3)cn2)C1. The van der Waals surface area contributed by atoms with Gasteiger partial charge in [0.2, 0.25) is 0 Å². The lowest BCUT2D eigenvalue weighted by atomic mass is 9.92. The smallest absolute Gasteiger partial charge is 0.171 e. The number of nitrogens with one attached hydrogen (secondary N) is 2. The van der Waals surface area contributed by atoms with Crippen molar-refractivity contribution in [2.75, 3.05) is 23.3 Å². The first kappa shape index (κ1) is 18.4. The minimum Gasteiger partial charge on any atom is -0.360 e. The van der Waals surface area contributed by atoms with E-state index in [1.165, 1.54) is 44.9 Å². The molecule has 4 nitrogen and oxygen atoms in total. The van der Waals surface area contributed by atoms with E-state index in [0.29, 0.717) is 6.04 Å². The van der Waals surface area contributed by atoms with E-state index in [9.17, 15) is 0 Å². The Labute approximate surface area is 157 Å². The molecule has 2 fully saturated rings. The summed E-state index contributed by atoms with van der Waals surface area (Å²) in [6, 6.07) is 4.72. The van der Waals surface area contributed by atoms with Crippen molar-refractivity contribution >= 4 is 28.8 Å². The molecule has 1 saturated heterocycles. The number of anilines is 2. The molecule has 2 heterocycles. The van der Waals surface area contributed by atoms with Crippen molar-refractivity contribution in [1.29, 1.82) is 0 Å². The maximum atomic E-state index is 5.49. The largest absolute Gasteiger partial charge is 0.360 e. The van der Waals surface area contributed by atoms with Crippen molar-refractivity contribution in [1.82, 2.24) is 10.3 Å². The molecule has 3 rings (SSSR count). The van der Waals surface area contributed by atoms with Crippen molar-refractivity contribution in [3.63, 3.8) is 0 Å². The molecule has 2 unspecified atom stereocenters. The van der Waals surface area contributed by atoms with Crippen LogP contribution < -0.4 is 15.5 Å². The minimum atomic E-state index is 0.519. The third-order valence-electron chi connectivity index (χ3n) is 5.39. The number of hydrogen-bond donors (Lipinski definition) is 2. The predicted octanol–water partition coefficient (Wildman–Crippen LogP) is 4.57. The number of aromatic nitrogens is 1. The lowest BCUT2D eigenvalue weighted by Crippen LogP contribution is -2.39. The van der Waals surface area contributed by atoms with Crippen LogP contribution in [0.5, 0.6) is 0 Å². The summed E-state index contributed by atoms with van der Waals surface area (Å²) in [6.07, 6.45) is 11.0. The molecule has 0 radical (unpaired) electrons. The molecule has 0 bridgehead atoms. The van der Waals surface area contributed by atoms with Gasteiger partial charge in [0, 0.05) is 19.1 Å². The number of thiocarbonyl (C=S) groups is 1. The molecule has 2 atom stereocenters. The summed E-state index contributed by atoms with van der Waals surface area (Å²) in [4.78, 5) is 7.07. The van der Waals surface area contributed by atoms with Gasteiger partial charge in [-0.05, 0) is 55.4 Å². The molecule has 1 aromatic heterocycles. The third kappa shape index (κ3) is 5.56. The van der Waals surface area contributed by atoms with Gasteiger partial charge in [-0.15, -0.1) is 0 Å². The number of pyridine rings is 1. The minimum absolute atomic E-state index is 0.519. The number of hydrogen-bond acceptors (Lipinski definition) is 3. The van der Waals surface area contributed by atoms with Gasteiger partial charge in [0.05, 0.1) is 11.9 Å². The second-order valence-electron chi connectivity index (χ2n) is 8.04. The summed E-state index contributed by atoms with van der Waals surface area (Å²) >= 11 is 5.49. The van der Waals surface area contributed by atoms with Gasteiger partial charge in [0.1, 0.15) is 5.82 Å². The van der Waals surface area contributed by atoms with E-state index in [-0.39, 0.29) is 0 Å². The van der Waals surface area contributed by atoms with E-state index in [0.717, 1.165) is 41.5 Å². The molecular formula is C20H32N4S. The fourth-order valence-corrected chi connectivity index (χ4v) is 4.56. The molecule has 5 heteroatoms. The predicted molar refractivity (Wildman–Crippen MR) is 110 cm³/mol. The molecule has 1 aliphatic heterocycles. The zero-order valence-electron chi connectivity index (χ0n) is 15.6. The molecule has 0 aromatic carbocycles. The molecule has 0 spiro atoms. The van der Waals surface area contributed by atoms with Crippen molar-refractivity contribution in [2.24, 2.45) is 11.8 Å². The van der Waals surface area contributed by atoms with E-state index in [4.69, 9.17) is 12.2 Å². The van der Waals surface area contributed by atoms with Gasteiger partial charge in [0.25, 0.3) is 0 Å². The lowest BCUT2D eigenvalue weighted by Gasteiger charge is -2.35. The quantitative estimate of drug-likeness (QED) is 0.610. The number of piperidine rings is 1. The number of rotatable bonds is 3. The molecule has 1 aliphatic carbocycles. The standard InChI is InChI=1S/C20H32N4S/c1-15-11-16(2)14-24(13-15)19-10-9-18(12-21-19)23-20(25)22-17-7-5-3-4-6-8-17/h9-10,12,15-17H,3-8,11,13-14H2,1-2H3,(H2,22,23,25). The maximum absolute atomic E-state index is 5.49. The Morgan fingerprint density at radius 3 is 2.36 bits per heavy atom. The van der Waals surface area contributed by atoms with Gasteiger partial charge in [-0.25, -0.2) is 4.98 Å². The highest BCUT2D eigenvalue weighted by atomic mass is 32.1. The Kier molecular flexibility index (Phi) is 6.51. The molecular weight excluding hydrogens is 328 g/mol. The highest BCUT2D eigenvalue weighted by Gasteiger charge is 2.22. The fraction of sp³-hybridized carbons (Fsp3) is 0.700. The monoisotopic (exact) mass is 360 g/mol. The first-order chi connectivity index (χ1) is 12.1. The summed E-state index contributed by atoms with van der Waals surface area (Å²) in [7, 11) is 0. The molecule has 0 amide bonds. The van der Waals surface area contributed by atoms with E-state index in [1.54, 1.807) is 0 Å². The Morgan fingerprint density at radius 1 is 1.08 bits per heavy atom. The van der Waals surface area contributed by atoms with Gasteiger partial charge < -0.3 is 15.5 Å². The molecule has 1 saturated carbocycles. The molecule has 2 aliphatic rings. The summed E-state index contributed by atoms with van der Waals surface area (Å²) in [6.45, 7) is 6.86. The highest BCUT2D eigenvalue weighted by Crippen LogP contribution is 2.25. The van der Waals surface area contributed by atoms with Gasteiger partial charge >= 0.3 is 0 Å². The number of nitrogens with zero attached hydrogens (tertiary/aromatic N) is 2. The topological polar surface area (TPSA) is 40.2 Å². The molecule has 25 heavy (non-hydrogen) atoms. The van der Waals surface area contributed by atoms with Crippen LogP contribution in [0.1, 0.15) is 58.8 Å². The van der Waals surface area contributed by atoms with Crippen LogP contribution in [-0.4, -0.2) is 29.2 Å². The van der Waals surface area contributed by atoms with Crippen LogP contribution >= 0.6 is 12.2 Å². The van der Waals surface area contributed by atoms with Crippen LogP contribution in [0.4, 0.5) is 11.5 Å². The summed E-state index contributed by atoms with van der Waals surface area (Å²) in [5.41, 5.74) is 0.966. The average Bonchev–Trinajstić information content (AvgIpc) is 2.83. The Bertz CT molecular complexity index is 541. The van der Waals surface area contributed by atoms with E-state index >= 15 is 0 Å². The van der Waals surface area contributed by atoms with E-state index < -0.39 is 0 Å². The summed E-state index contributed by atoms with van der Waals surface area (Å²) in [5, 5.41) is 7.50. The van der Waals surface area contributed by atoms with Crippen molar-refractivity contribution in [2.45, 2.75) is 64.8 Å². The zero-order valence-corrected chi connectivity index (χ0v) is 16.4. The van der Waals surface area contributed by atoms with Gasteiger partial charge in [0.15, 0.2) is 5.11 Å². The first-order valence-electron chi connectivity index (χ1n) is 9.88. The van der Waals surface area contributed by atoms with Crippen molar-refractivity contribution in [3.8, 4) is 0 Å². The van der Waals surface area contributed by atoms with Crippen molar-refractivity contribution in [3.05, 3.63) is 18.3 Å². The van der Waals surface area contributed by atoms with Crippen LogP contribution in [-0.2, 0) is 0 Å². The third-order valence-corrected chi connectivity index (χ3v) is 5.61. The zero-order chi connectivity index (χ0) is 17.6. The fourth-order valence-electron chi connectivity index (χ4n) is 4.27. The van der Waals surface area contributed by atoms with Crippen LogP contribution in [0.15, 0.2) is 18.3 Å². The normalized spacial score (nSPS) is 25.3. The molecule has 2 N–H and O–H groups in total. The highest BCUT2D eigenvalue weighted by molar-refractivity contribution is 7.80. The molecule has 1 aromatic rings.